The van der Waals surface area contributed by atoms with Crippen molar-refractivity contribution in [2.75, 3.05) is 6.54 Å². The summed E-state index contributed by atoms with van der Waals surface area (Å²) >= 11 is 0. The normalized spacial score (nSPS) is 17.1. The SMILES string of the molecule is NC(CCC(=O)O)C(=O)NC(Cc1ccccc1)C(=O)NC(Cc1ccccc1)C(=O)N1CCCC1C(=O)O. The van der Waals surface area contributed by atoms with Gasteiger partial charge in [-0.1, -0.05) is 60.7 Å². The van der Waals surface area contributed by atoms with Crippen molar-refractivity contribution in [3.05, 3.63) is 71.8 Å². The molecule has 4 atom stereocenters. The lowest BCUT2D eigenvalue weighted by molar-refractivity contribution is -0.149. The van der Waals surface area contributed by atoms with Crippen LogP contribution in [0.2, 0.25) is 0 Å². The van der Waals surface area contributed by atoms with Crippen LogP contribution in [0, 0.1) is 0 Å². The number of nitrogens with one attached hydrogen (secondary N) is 2. The third kappa shape index (κ3) is 8.64. The summed E-state index contributed by atoms with van der Waals surface area (Å²) in [5, 5.41) is 23.8. The lowest BCUT2D eigenvalue weighted by Gasteiger charge is -2.29. The molecule has 6 N–H and O–H groups in total. The Morgan fingerprint density at radius 1 is 0.846 bits per heavy atom. The van der Waals surface area contributed by atoms with Crippen LogP contribution < -0.4 is 16.4 Å². The third-order valence-corrected chi connectivity index (χ3v) is 6.64. The number of carbonyl (C=O) groups excluding carboxylic acids is 3. The first-order chi connectivity index (χ1) is 18.7. The van der Waals surface area contributed by atoms with E-state index in [0.29, 0.717) is 12.8 Å². The second-order valence-electron chi connectivity index (χ2n) is 9.57. The first kappa shape index (κ1) is 29.3. The number of carboxylic acids is 2. The highest BCUT2D eigenvalue weighted by Crippen LogP contribution is 2.20. The Bertz CT molecular complexity index is 1160. The maximum absolute atomic E-state index is 13.6. The van der Waals surface area contributed by atoms with Crippen molar-refractivity contribution in [2.45, 2.75) is 62.7 Å². The smallest absolute Gasteiger partial charge is 0.326 e. The molecule has 1 aliphatic rings. The monoisotopic (exact) mass is 538 g/mol. The molecular formula is C28H34N4O7. The predicted molar refractivity (Wildman–Crippen MR) is 141 cm³/mol. The lowest BCUT2D eigenvalue weighted by Crippen LogP contribution is -2.58. The molecule has 11 heteroatoms. The molecule has 208 valence electrons. The molecule has 39 heavy (non-hydrogen) atoms. The molecule has 1 aliphatic heterocycles. The summed E-state index contributed by atoms with van der Waals surface area (Å²) in [5.41, 5.74) is 7.37. The molecule has 0 aromatic heterocycles. The molecule has 4 unspecified atom stereocenters. The molecule has 1 heterocycles. The Balaban J connectivity index is 1.83. The molecule has 0 aliphatic carbocycles. The molecule has 0 spiro atoms. The number of carboxylic acid groups (broad SMARTS) is 2. The van der Waals surface area contributed by atoms with E-state index in [1.165, 1.54) is 4.90 Å². The number of nitrogens with two attached hydrogens (primary N) is 1. The number of carbonyl (C=O) groups is 5. The Hall–Kier alpha value is -4.25. The molecule has 1 fully saturated rings. The van der Waals surface area contributed by atoms with Gasteiger partial charge < -0.3 is 31.5 Å². The second-order valence-corrected chi connectivity index (χ2v) is 9.57. The van der Waals surface area contributed by atoms with Crippen LogP contribution in [0.5, 0.6) is 0 Å². The maximum Gasteiger partial charge on any atom is 0.326 e. The van der Waals surface area contributed by atoms with Crippen molar-refractivity contribution >= 4 is 29.7 Å². The summed E-state index contributed by atoms with van der Waals surface area (Å²) in [4.78, 5) is 63.8. The van der Waals surface area contributed by atoms with E-state index in [2.05, 4.69) is 10.6 Å². The van der Waals surface area contributed by atoms with Gasteiger partial charge in [-0.2, -0.15) is 0 Å². The molecule has 2 aromatic carbocycles. The largest absolute Gasteiger partial charge is 0.481 e. The van der Waals surface area contributed by atoms with Crippen LogP contribution in [-0.2, 0) is 36.8 Å². The average molecular weight is 539 g/mol. The fourth-order valence-electron chi connectivity index (χ4n) is 4.56. The van der Waals surface area contributed by atoms with Gasteiger partial charge in [0.15, 0.2) is 0 Å². The van der Waals surface area contributed by atoms with Gasteiger partial charge in [0.05, 0.1) is 6.04 Å². The van der Waals surface area contributed by atoms with E-state index in [4.69, 9.17) is 10.8 Å². The molecule has 3 rings (SSSR count). The van der Waals surface area contributed by atoms with Gasteiger partial charge in [-0.05, 0) is 30.4 Å². The minimum Gasteiger partial charge on any atom is -0.481 e. The number of nitrogens with zero attached hydrogens (tertiary/aromatic N) is 1. The third-order valence-electron chi connectivity index (χ3n) is 6.64. The standard InChI is InChI=1S/C28H34N4O7/c29-20(13-14-24(33)34)25(35)30-21(16-18-8-3-1-4-9-18)26(36)31-22(17-19-10-5-2-6-11-19)27(37)32-15-7-12-23(32)28(38)39/h1-6,8-11,20-23H,7,12-17,29H2,(H,30,35)(H,31,36)(H,33,34)(H,38,39). The van der Waals surface area contributed by atoms with Crippen molar-refractivity contribution < 1.29 is 34.2 Å². The summed E-state index contributed by atoms with van der Waals surface area (Å²) in [6, 6.07) is 13.7. The lowest BCUT2D eigenvalue weighted by atomic mass is 10.0. The van der Waals surface area contributed by atoms with E-state index < -0.39 is 53.8 Å². The topological polar surface area (TPSA) is 179 Å². The van der Waals surface area contributed by atoms with E-state index in [0.717, 1.165) is 11.1 Å². The highest BCUT2D eigenvalue weighted by molar-refractivity contribution is 5.94. The minimum atomic E-state index is -1.14. The number of rotatable bonds is 13. The Morgan fingerprint density at radius 3 is 1.92 bits per heavy atom. The molecule has 0 radical (unpaired) electrons. The van der Waals surface area contributed by atoms with Gasteiger partial charge in [-0.15, -0.1) is 0 Å². The van der Waals surface area contributed by atoms with Crippen LogP contribution in [0.15, 0.2) is 60.7 Å². The number of likely N-dealkylation sites (tertiary alicyclic amines) is 1. The van der Waals surface area contributed by atoms with Gasteiger partial charge in [-0.3, -0.25) is 19.2 Å². The van der Waals surface area contributed by atoms with Gasteiger partial charge in [0.25, 0.3) is 0 Å². The van der Waals surface area contributed by atoms with E-state index in [9.17, 15) is 29.1 Å². The zero-order valence-electron chi connectivity index (χ0n) is 21.5. The summed E-state index contributed by atoms with van der Waals surface area (Å²) in [7, 11) is 0. The van der Waals surface area contributed by atoms with Crippen molar-refractivity contribution in [3.8, 4) is 0 Å². The van der Waals surface area contributed by atoms with Gasteiger partial charge in [0.2, 0.25) is 17.7 Å². The van der Waals surface area contributed by atoms with Gasteiger partial charge in [0, 0.05) is 25.8 Å². The van der Waals surface area contributed by atoms with Crippen molar-refractivity contribution in [1.29, 1.82) is 0 Å². The van der Waals surface area contributed by atoms with E-state index >= 15 is 0 Å². The van der Waals surface area contributed by atoms with Gasteiger partial charge in [-0.25, -0.2) is 4.79 Å². The number of aliphatic carboxylic acids is 2. The highest BCUT2D eigenvalue weighted by atomic mass is 16.4. The molecular weight excluding hydrogens is 504 g/mol. The minimum absolute atomic E-state index is 0.0950. The van der Waals surface area contributed by atoms with E-state index in [1.807, 2.05) is 12.1 Å². The Morgan fingerprint density at radius 2 is 1.38 bits per heavy atom. The Kier molecular flexibility index (Phi) is 10.6. The van der Waals surface area contributed by atoms with Crippen LogP contribution in [0.4, 0.5) is 0 Å². The summed E-state index contributed by atoms with van der Waals surface area (Å²) in [6.45, 7) is 0.263. The average Bonchev–Trinajstić information content (AvgIpc) is 3.42. The van der Waals surface area contributed by atoms with Gasteiger partial charge >= 0.3 is 11.9 Å². The maximum atomic E-state index is 13.6. The Labute approximate surface area is 226 Å². The van der Waals surface area contributed by atoms with Crippen LogP contribution in [-0.4, -0.2) is 75.5 Å². The summed E-state index contributed by atoms with van der Waals surface area (Å²) in [6.07, 6.45) is 0.666. The zero-order valence-corrected chi connectivity index (χ0v) is 21.5. The predicted octanol–water partition coefficient (Wildman–Crippen LogP) is 0.709. The molecule has 1 saturated heterocycles. The summed E-state index contributed by atoms with van der Waals surface area (Å²) in [5.74, 6) is -4.04. The van der Waals surface area contributed by atoms with Crippen LogP contribution in [0.3, 0.4) is 0 Å². The van der Waals surface area contributed by atoms with E-state index in [-0.39, 0.29) is 32.2 Å². The van der Waals surface area contributed by atoms with Crippen LogP contribution in [0.1, 0.15) is 36.8 Å². The molecule has 11 nitrogen and oxygen atoms in total. The van der Waals surface area contributed by atoms with Crippen molar-refractivity contribution in [1.82, 2.24) is 15.5 Å². The quantitative estimate of drug-likeness (QED) is 0.247. The number of hydrogen-bond acceptors (Lipinski definition) is 6. The van der Waals surface area contributed by atoms with Crippen molar-refractivity contribution in [3.63, 3.8) is 0 Å². The first-order valence-corrected chi connectivity index (χ1v) is 12.8. The molecule has 3 amide bonds. The summed E-state index contributed by atoms with van der Waals surface area (Å²) < 4.78 is 0. The number of amides is 3. The van der Waals surface area contributed by atoms with Crippen molar-refractivity contribution in [2.24, 2.45) is 5.73 Å². The molecule has 0 bridgehead atoms. The zero-order chi connectivity index (χ0) is 28.4. The van der Waals surface area contributed by atoms with Crippen LogP contribution >= 0.6 is 0 Å². The second kappa shape index (κ2) is 14.1. The molecule has 2 aromatic rings. The first-order valence-electron chi connectivity index (χ1n) is 12.8. The molecule has 0 saturated carbocycles. The number of hydrogen-bond donors (Lipinski definition) is 5. The fourth-order valence-corrected chi connectivity index (χ4v) is 4.56. The highest BCUT2D eigenvalue weighted by Gasteiger charge is 2.38. The van der Waals surface area contributed by atoms with E-state index in [1.54, 1.807) is 48.5 Å². The van der Waals surface area contributed by atoms with Gasteiger partial charge in [0.1, 0.15) is 18.1 Å². The van der Waals surface area contributed by atoms with Crippen LogP contribution in [0.25, 0.3) is 0 Å². The fraction of sp³-hybridized carbons (Fsp3) is 0.393. The number of benzene rings is 2.